The van der Waals surface area contributed by atoms with E-state index < -0.39 is 5.82 Å². The topological polar surface area (TPSA) is 66.1 Å². The molecule has 0 saturated carbocycles. The van der Waals surface area contributed by atoms with Crippen molar-refractivity contribution >= 4 is 16.7 Å². The van der Waals surface area contributed by atoms with Gasteiger partial charge in [0, 0.05) is 24.9 Å². The molecule has 0 atom stereocenters. The van der Waals surface area contributed by atoms with Gasteiger partial charge in [0.05, 0.1) is 16.6 Å². The van der Waals surface area contributed by atoms with Crippen molar-refractivity contribution in [2.45, 2.75) is 32.1 Å². The first-order valence-electron chi connectivity index (χ1n) is 11.6. The van der Waals surface area contributed by atoms with Gasteiger partial charge in [-0.25, -0.2) is 9.49 Å². The van der Waals surface area contributed by atoms with Crippen LogP contribution in [0, 0.1) is 12.7 Å². The Morgan fingerprint density at radius 3 is 2.47 bits per heavy atom. The third-order valence-corrected chi connectivity index (χ3v) is 6.74. The summed E-state index contributed by atoms with van der Waals surface area (Å²) >= 11 is 0. The first-order valence-corrected chi connectivity index (χ1v) is 11.6. The van der Waals surface area contributed by atoms with Crippen molar-refractivity contribution in [2.75, 3.05) is 13.1 Å². The van der Waals surface area contributed by atoms with Gasteiger partial charge in [0.15, 0.2) is 0 Å². The van der Waals surface area contributed by atoms with Gasteiger partial charge < -0.3 is 4.90 Å². The van der Waals surface area contributed by atoms with Gasteiger partial charge in [-0.1, -0.05) is 54.1 Å². The van der Waals surface area contributed by atoms with Crippen molar-refractivity contribution < 1.29 is 9.18 Å². The Morgan fingerprint density at radius 2 is 1.74 bits per heavy atom. The lowest BCUT2D eigenvalue weighted by molar-refractivity contribution is 0.0708. The van der Waals surface area contributed by atoms with E-state index in [0.717, 1.165) is 23.8 Å². The summed E-state index contributed by atoms with van der Waals surface area (Å²) < 4.78 is 14.7. The summed E-state index contributed by atoms with van der Waals surface area (Å²) in [7, 11) is 0. The summed E-state index contributed by atoms with van der Waals surface area (Å²) in [4.78, 5) is 27.0. The van der Waals surface area contributed by atoms with Crippen molar-refractivity contribution in [3.05, 3.63) is 111 Å². The molecule has 1 N–H and O–H groups in total. The van der Waals surface area contributed by atoms with Gasteiger partial charge in [0.1, 0.15) is 5.82 Å². The molecule has 3 aromatic carbocycles. The van der Waals surface area contributed by atoms with Gasteiger partial charge in [0.25, 0.3) is 11.5 Å². The second-order valence-corrected chi connectivity index (χ2v) is 9.01. The predicted molar refractivity (Wildman–Crippen MR) is 131 cm³/mol. The number of benzene rings is 3. The van der Waals surface area contributed by atoms with Crippen LogP contribution in [0.25, 0.3) is 10.8 Å². The summed E-state index contributed by atoms with van der Waals surface area (Å²) in [6, 6.07) is 20.4. The average molecular weight is 456 g/mol. The highest BCUT2D eigenvalue weighted by atomic mass is 19.1. The number of rotatable bonds is 4. The van der Waals surface area contributed by atoms with Crippen LogP contribution in [0.1, 0.15) is 51.5 Å². The van der Waals surface area contributed by atoms with Crippen LogP contribution >= 0.6 is 0 Å². The van der Waals surface area contributed by atoms with E-state index in [4.69, 9.17) is 0 Å². The average Bonchev–Trinajstić information content (AvgIpc) is 2.87. The van der Waals surface area contributed by atoms with Crippen molar-refractivity contribution in [3.63, 3.8) is 0 Å². The van der Waals surface area contributed by atoms with Crippen LogP contribution in [-0.4, -0.2) is 34.1 Å². The molecule has 1 aliphatic rings. The number of piperidine rings is 1. The Morgan fingerprint density at radius 1 is 1.03 bits per heavy atom. The van der Waals surface area contributed by atoms with Crippen molar-refractivity contribution in [3.8, 4) is 0 Å². The normalized spacial score (nSPS) is 14.5. The molecule has 1 amide bonds. The van der Waals surface area contributed by atoms with E-state index in [0.29, 0.717) is 36.5 Å². The maximum Gasteiger partial charge on any atom is 0.272 e. The van der Waals surface area contributed by atoms with Gasteiger partial charge in [-0.05, 0) is 55.0 Å². The molecule has 1 fully saturated rings. The minimum absolute atomic E-state index is 0.0833. The fourth-order valence-electron chi connectivity index (χ4n) is 4.77. The molecule has 0 spiro atoms. The summed E-state index contributed by atoms with van der Waals surface area (Å²) in [5.74, 6) is -0.380. The standard InChI is InChI=1S/C28H26FN3O2/c1-18-6-9-20(10-7-18)21-12-14-32(15-13-21)28(34)24-16-19(8-11-25(24)29)17-26-22-4-2-3-5-23(22)27(33)31-30-26/h2-11,16,21H,12-15,17H2,1H3,(H,31,33). The molecule has 2 heterocycles. The lowest BCUT2D eigenvalue weighted by atomic mass is 9.89. The number of hydrogen-bond donors (Lipinski definition) is 1. The summed E-state index contributed by atoms with van der Waals surface area (Å²) in [5.41, 5.74) is 3.81. The first kappa shape index (κ1) is 22.0. The number of likely N-dealkylation sites (tertiary alicyclic amines) is 1. The quantitative estimate of drug-likeness (QED) is 0.472. The van der Waals surface area contributed by atoms with Crippen LogP contribution in [0.2, 0.25) is 0 Å². The van der Waals surface area contributed by atoms with Crippen molar-refractivity contribution in [1.82, 2.24) is 15.1 Å². The minimum Gasteiger partial charge on any atom is -0.339 e. The molecule has 172 valence electrons. The van der Waals surface area contributed by atoms with Crippen molar-refractivity contribution in [2.24, 2.45) is 0 Å². The van der Waals surface area contributed by atoms with E-state index in [1.165, 1.54) is 17.2 Å². The number of aromatic amines is 1. The molecule has 1 saturated heterocycles. The van der Waals surface area contributed by atoms with E-state index in [9.17, 15) is 14.0 Å². The Labute approximate surface area is 197 Å². The van der Waals surface area contributed by atoms with Crippen LogP contribution in [-0.2, 0) is 6.42 Å². The molecule has 5 nitrogen and oxygen atoms in total. The van der Waals surface area contributed by atoms with E-state index in [2.05, 4.69) is 41.4 Å². The third kappa shape index (κ3) is 4.36. The molecular formula is C28H26FN3O2. The van der Waals surface area contributed by atoms with E-state index in [1.807, 2.05) is 12.1 Å². The highest BCUT2D eigenvalue weighted by Gasteiger charge is 2.26. The highest BCUT2D eigenvalue weighted by Crippen LogP contribution is 2.29. The summed E-state index contributed by atoms with van der Waals surface area (Å²) in [5, 5.41) is 8.04. The van der Waals surface area contributed by atoms with Gasteiger partial charge in [-0.3, -0.25) is 9.59 Å². The first-order chi connectivity index (χ1) is 16.5. The second-order valence-electron chi connectivity index (χ2n) is 9.01. The molecule has 5 rings (SSSR count). The maximum atomic E-state index is 14.7. The molecule has 4 aromatic rings. The van der Waals surface area contributed by atoms with Crippen LogP contribution in [0.4, 0.5) is 4.39 Å². The number of carbonyl (C=O) groups excluding carboxylic acids is 1. The largest absolute Gasteiger partial charge is 0.339 e. The monoisotopic (exact) mass is 455 g/mol. The van der Waals surface area contributed by atoms with Crippen LogP contribution in [0.5, 0.6) is 0 Å². The highest BCUT2D eigenvalue weighted by molar-refractivity contribution is 5.95. The van der Waals surface area contributed by atoms with E-state index in [1.54, 1.807) is 29.2 Å². The predicted octanol–water partition coefficient (Wildman–Crippen LogP) is 4.98. The zero-order chi connectivity index (χ0) is 23.7. The molecule has 1 aliphatic heterocycles. The number of fused-ring (bicyclic) bond motifs is 1. The van der Waals surface area contributed by atoms with Gasteiger partial charge >= 0.3 is 0 Å². The molecule has 0 unspecified atom stereocenters. The van der Waals surface area contributed by atoms with Crippen molar-refractivity contribution in [1.29, 1.82) is 0 Å². The lowest BCUT2D eigenvalue weighted by Crippen LogP contribution is -2.38. The SMILES string of the molecule is Cc1ccc(C2CCN(C(=O)c3cc(Cc4n[nH]c(=O)c5ccccc45)ccc3F)CC2)cc1. The third-order valence-electron chi connectivity index (χ3n) is 6.74. The smallest absolute Gasteiger partial charge is 0.272 e. The van der Waals surface area contributed by atoms with Crippen LogP contribution in [0.15, 0.2) is 71.5 Å². The summed E-state index contributed by atoms with van der Waals surface area (Å²) in [6.07, 6.45) is 2.11. The number of aryl methyl sites for hydroxylation is 1. The zero-order valence-electron chi connectivity index (χ0n) is 19.1. The molecule has 34 heavy (non-hydrogen) atoms. The fourth-order valence-corrected chi connectivity index (χ4v) is 4.77. The zero-order valence-corrected chi connectivity index (χ0v) is 19.1. The maximum absolute atomic E-state index is 14.7. The Kier molecular flexibility index (Phi) is 5.97. The van der Waals surface area contributed by atoms with Crippen LogP contribution < -0.4 is 5.56 Å². The summed E-state index contributed by atoms with van der Waals surface area (Å²) in [6.45, 7) is 3.28. The fraction of sp³-hybridized carbons (Fsp3) is 0.250. The molecule has 6 heteroatoms. The molecular weight excluding hydrogens is 429 g/mol. The van der Waals surface area contributed by atoms with Crippen LogP contribution in [0.3, 0.4) is 0 Å². The number of aromatic nitrogens is 2. The number of nitrogens with zero attached hydrogens (tertiary/aromatic N) is 2. The molecule has 0 radical (unpaired) electrons. The Hall–Kier alpha value is -3.80. The second kappa shape index (κ2) is 9.21. The molecule has 1 aromatic heterocycles. The van der Waals surface area contributed by atoms with Gasteiger partial charge in [-0.2, -0.15) is 5.10 Å². The number of amides is 1. The minimum atomic E-state index is -0.520. The van der Waals surface area contributed by atoms with E-state index in [-0.39, 0.29) is 17.0 Å². The number of hydrogen-bond acceptors (Lipinski definition) is 3. The molecule has 0 aliphatic carbocycles. The van der Waals surface area contributed by atoms with E-state index >= 15 is 0 Å². The van der Waals surface area contributed by atoms with Gasteiger partial charge in [-0.15, -0.1) is 0 Å². The Balaban J connectivity index is 1.33. The Bertz CT molecular complexity index is 1400. The number of H-pyrrole nitrogens is 1. The van der Waals surface area contributed by atoms with Gasteiger partial charge in [0.2, 0.25) is 0 Å². The lowest BCUT2D eigenvalue weighted by Gasteiger charge is -2.32. The number of halogens is 1. The number of carbonyl (C=O) groups is 1. The molecule has 0 bridgehead atoms. The number of nitrogens with one attached hydrogen (secondary N) is 1.